The van der Waals surface area contributed by atoms with E-state index in [-0.39, 0.29) is 12.1 Å². The van der Waals surface area contributed by atoms with Crippen molar-refractivity contribution in [3.63, 3.8) is 0 Å². The molecule has 0 spiro atoms. The number of hydrogen-bond acceptors (Lipinski definition) is 6. The number of nitro groups is 2. The van der Waals surface area contributed by atoms with Crippen molar-refractivity contribution in [3.8, 4) is 0 Å². The molecule has 0 heterocycles. The van der Waals surface area contributed by atoms with E-state index in [0.717, 1.165) is 0 Å². The van der Waals surface area contributed by atoms with Crippen LogP contribution in [0.5, 0.6) is 0 Å². The average Bonchev–Trinajstić information content (AvgIpc) is 2.12. The zero-order valence-electron chi connectivity index (χ0n) is 7.84. The Hall–Kier alpha value is -1.73. The van der Waals surface area contributed by atoms with Gasteiger partial charge in [-0.25, -0.2) is 0 Å². The third kappa shape index (κ3) is 2.15. The van der Waals surface area contributed by atoms with Crippen LogP contribution in [0.15, 0.2) is 5.16 Å². The SMILES string of the molecule is CCC(CC(C)=NO)([N+](=O)[O-])[N+](=O)[O-]. The van der Waals surface area contributed by atoms with Crippen LogP contribution < -0.4 is 0 Å². The molecule has 0 rings (SSSR count). The van der Waals surface area contributed by atoms with Crippen LogP contribution in [0.1, 0.15) is 26.7 Å². The fraction of sp³-hybridized carbons (Fsp3) is 0.833. The molecule has 0 radical (unpaired) electrons. The highest BCUT2D eigenvalue weighted by Crippen LogP contribution is 2.21. The zero-order valence-corrected chi connectivity index (χ0v) is 7.84. The summed E-state index contributed by atoms with van der Waals surface area (Å²) in [6.45, 7) is 2.63. The first kappa shape index (κ1) is 12.3. The highest BCUT2D eigenvalue weighted by atomic mass is 16.7. The van der Waals surface area contributed by atoms with Crippen molar-refractivity contribution < 1.29 is 15.1 Å². The summed E-state index contributed by atoms with van der Waals surface area (Å²) in [5.74, 6) is 0. The molecule has 0 saturated carbocycles. The quantitative estimate of drug-likeness (QED) is 0.235. The Morgan fingerprint density at radius 2 is 1.86 bits per heavy atom. The molecule has 8 heteroatoms. The van der Waals surface area contributed by atoms with Crippen molar-refractivity contribution >= 4 is 5.71 Å². The van der Waals surface area contributed by atoms with E-state index >= 15 is 0 Å². The lowest BCUT2D eigenvalue weighted by Gasteiger charge is -2.14. The van der Waals surface area contributed by atoms with Gasteiger partial charge in [-0.15, -0.1) is 0 Å². The average molecular weight is 205 g/mol. The van der Waals surface area contributed by atoms with E-state index in [0.29, 0.717) is 0 Å². The maximum Gasteiger partial charge on any atom is 0.463 e. The Morgan fingerprint density at radius 1 is 1.43 bits per heavy atom. The van der Waals surface area contributed by atoms with Gasteiger partial charge in [0.05, 0.1) is 22.0 Å². The van der Waals surface area contributed by atoms with Gasteiger partial charge in [-0.2, -0.15) is 0 Å². The molecule has 0 atom stereocenters. The Morgan fingerprint density at radius 3 is 2.07 bits per heavy atom. The maximum atomic E-state index is 10.6. The fourth-order valence-electron chi connectivity index (χ4n) is 1.02. The molecular weight excluding hydrogens is 194 g/mol. The number of rotatable bonds is 5. The van der Waals surface area contributed by atoms with Crippen LogP contribution in [0.3, 0.4) is 0 Å². The molecule has 8 nitrogen and oxygen atoms in total. The number of oxime groups is 1. The number of nitrogens with zero attached hydrogens (tertiary/aromatic N) is 3. The largest absolute Gasteiger partial charge is 0.463 e. The summed E-state index contributed by atoms with van der Waals surface area (Å²) in [5, 5.41) is 32.1. The van der Waals surface area contributed by atoms with Crippen molar-refractivity contribution in [1.82, 2.24) is 0 Å². The van der Waals surface area contributed by atoms with E-state index in [9.17, 15) is 20.2 Å². The van der Waals surface area contributed by atoms with Crippen LogP contribution in [0.4, 0.5) is 0 Å². The monoisotopic (exact) mass is 205 g/mol. The molecule has 1 N–H and O–H groups in total. The zero-order chi connectivity index (χ0) is 11.4. The first-order valence-electron chi connectivity index (χ1n) is 3.87. The molecule has 0 amide bonds. The Kier molecular flexibility index (Phi) is 3.94. The van der Waals surface area contributed by atoms with Crippen LogP contribution >= 0.6 is 0 Å². The molecule has 0 aromatic carbocycles. The van der Waals surface area contributed by atoms with Gasteiger partial charge in [0.25, 0.3) is 0 Å². The third-order valence-corrected chi connectivity index (χ3v) is 1.96. The Labute approximate surface area is 79.5 Å². The minimum atomic E-state index is -2.28. The van der Waals surface area contributed by atoms with E-state index in [2.05, 4.69) is 5.16 Å². The highest BCUT2D eigenvalue weighted by molar-refractivity contribution is 5.81. The molecule has 0 aromatic rings. The van der Waals surface area contributed by atoms with Crippen molar-refractivity contribution in [3.05, 3.63) is 20.2 Å². The summed E-state index contributed by atoms with van der Waals surface area (Å²) in [6, 6.07) is 0. The molecule has 80 valence electrons. The first-order chi connectivity index (χ1) is 6.40. The van der Waals surface area contributed by atoms with Gasteiger partial charge in [0.15, 0.2) is 0 Å². The second kappa shape index (κ2) is 4.49. The van der Waals surface area contributed by atoms with Gasteiger partial charge in [0, 0.05) is 0 Å². The van der Waals surface area contributed by atoms with Gasteiger partial charge < -0.3 is 5.21 Å². The van der Waals surface area contributed by atoms with E-state index < -0.39 is 21.9 Å². The lowest BCUT2D eigenvalue weighted by molar-refractivity contribution is -0.795. The lowest BCUT2D eigenvalue weighted by atomic mass is 10.0. The van der Waals surface area contributed by atoms with E-state index in [4.69, 9.17) is 5.21 Å². The van der Waals surface area contributed by atoms with Crippen LogP contribution in [0, 0.1) is 20.2 Å². The van der Waals surface area contributed by atoms with Crippen molar-refractivity contribution in [2.75, 3.05) is 0 Å². The van der Waals surface area contributed by atoms with E-state index in [1.165, 1.54) is 13.8 Å². The van der Waals surface area contributed by atoms with Gasteiger partial charge in [-0.3, -0.25) is 20.2 Å². The highest BCUT2D eigenvalue weighted by Gasteiger charge is 2.54. The minimum Gasteiger partial charge on any atom is -0.411 e. The van der Waals surface area contributed by atoms with E-state index in [1.807, 2.05) is 0 Å². The van der Waals surface area contributed by atoms with Gasteiger partial charge in [-0.05, 0) is 6.92 Å². The molecule has 0 aliphatic rings. The van der Waals surface area contributed by atoms with Crippen molar-refractivity contribution in [2.24, 2.45) is 5.16 Å². The van der Waals surface area contributed by atoms with Crippen LogP contribution in [-0.2, 0) is 0 Å². The normalized spacial score (nSPS) is 12.6. The van der Waals surface area contributed by atoms with Gasteiger partial charge >= 0.3 is 5.66 Å². The molecule has 14 heavy (non-hydrogen) atoms. The first-order valence-corrected chi connectivity index (χ1v) is 3.87. The topological polar surface area (TPSA) is 119 Å². The molecule has 0 bridgehead atoms. The predicted octanol–water partition coefficient (Wildman–Crippen LogP) is 0.886. The maximum absolute atomic E-state index is 10.6. The van der Waals surface area contributed by atoms with Crippen molar-refractivity contribution in [2.45, 2.75) is 32.4 Å². The summed E-state index contributed by atoms with van der Waals surface area (Å²) >= 11 is 0. The summed E-state index contributed by atoms with van der Waals surface area (Å²) in [7, 11) is 0. The second-order valence-corrected chi connectivity index (χ2v) is 2.86. The minimum absolute atomic E-state index is 0.0414. The summed E-state index contributed by atoms with van der Waals surface area (Å²) in [5.41, 5.74) is -2.32. The fourth-order valence-corrected chi connectivity index (χ4v) is 1.02. The molecule has 0 aliphatic carbocycles. The molecule has 0 fully saturated rings. The molecule has 0 unspecified atom stereocenters. The van der Waals surface area contributed by atoms with Gasteiger partial charge in [0.1, 0.15) is 6.42 Å². The molecule has 0 saturated heterocycles. The Bertz CT molecular complexity index is 261. The molecular formula is C6H11N3O5. The molecule has 0 aromatic heterocycles. The summed E-state index contributed by atoms with van der Waals surface area (Å²) < 4.78 is 0. The van der Waals surface area contributed by atoms with Crippen molar-refractivity contribution in [1.29, 1.82) is 0 Å². The van der Waals surface area contributed by atoms with Crippen LogP contribution in [0.2, 0.25) is 0 Å². The van der Waals surface area contributed by atoms with Gasteiger partial charge in [0.2, 0.25) is 0 Å². The predicted molar refractivity (Wildman–Crippen MR) is 46.5 cm³/mol. The number of hydrogen-bond donors (Lipinski definition) is 1. The van der Waals surface area contributed by atoms with Gasteiger partial charge in [-0.1, -0.05) is 12.1 Å². The summed E-state index contributed by atoms with van der Waals surface area (Å²) in [6.07, 6.45) is -0.764. The van der Waals surface area contributed by atoms with Crippen LogP contribution in [0.25, 0.3) is 0 Å². The molecule has 0 aliphatic heterocycles. The lowest BCUT2D eigenvalue weighted by Crippen LogP contribution is -2.47. The summed E-state index contributed by atoms with van der Waals surface area (Å²) in [4.78, 5) is 19.2. The standard InChI is InChI=1S/C6H11N3O5/c1-3-6(8(11)12,9(13)14)4-5(2)7-10/h10H,3-4H2,1-2H3. The second-order valence-electron chi connectivity index (χ2n) is 2.86. The van der Waals surface area contributed by atoms with E-state index in [1.54, 1.807) is 0 Å². The third-order valence-electron chi connectivity index (χ3n) is 1.96. The van der Waals surface area contributed by atoms with Crippen LogP contribution in [-0.4, -0.2) is 26.4 Å². The smallest absolute Gasteiger partial charge is 0.411 e. The Balaban J connectivity index is 5.06.